The molecule has 6 N–H and O–H groups in total. The molecule has 1 amide bonds. The van der Waals surface area contributed by atoms with Crippen LogP contribution in [0.2, 0.25) is 0 Å². The lowest BCUT2D eigenvalue weighted by Crippen LogP contribution is -2.24. The fourth-order valence-corrected chi connectivity index (χ4v) is 5.34. The predicted octanol–water partition coefficient (Wildman–Crippen LogP) is 6.56. The van der Waals surface area contributed by atoms with Crippen molar-refractivity contribution in [2.75, 3.05) is 25.0 Å². The van der Waals surface area contributed by atoms with Gasteiger partial charge < -0.3 is 30.4 Å². The van der Waals surface area contributed by atoms with Crippen LogP contribution in [0.1, 0.15) is 35.6 Å². The topological polar surface area (TPSA) is 144 Å². The molecule has 4 aromatic carbocycles. The molecule has 1 atom stereocenters. The molecule has 0 spiro atoms. The fraction of sp³-hybridized carbons (Fsp3) is 0.222. The van der Waals surface area contributed by atoms with Crippen molar-refractivity contribution in [2.45, 2.75) is 31.8 Å². The molecule has 0 fully saturated rings. The van der Waals surface area contributed by atoms with Crippen molar-refractivity contribution in [3.8, 4) is 22.6 Å². The van der Waals surface area contributed by atoms with Gasteiger partial charge in [-0.25, -0.2) is 4.79 Å². The Morgan fingerprint density at radius 1 is 0.851 bits per heavy atom. The van der Waals surface area contributed by atoms with E-state index in [4.69, 9.17) is 4.74 Å². The lowest BCUT2D eigenvalue weighted by Gasteiger charge is -2.15. The molecule has 0 unspecified atom stereocenters. The van der Waals surface area contributed by atoms with Crippen LogP contribution in [-0.4, -0.2) is 46.1 Å². The number of aryl methyl sites for hydroxylation is 1. The number of carbonyl (C=O) groups is 1. The van der Waals surface area contributed by atoms with Gasteiger partial charge in [-0.2, -0.15) is 0 Å². The number of nitrogens with one attached hydrogen (secondary N) is 3. The molecule has 5 aromatic rings. The van der Waals surface area contributed by atoms with Crippen LogP contribution < -0.4 is 20.9 Å². The molecule has 5 rings (SSSR count). The molecule has 0 saturated heterocycles. The molecule has 248 valence electrons. The Bertz CT molecular complexity index is 1800. The number of amides is 1. The fourth-order valence-electron chi connectivity index (χ4n) is 5.34. The van der Waals surface area contributed by atoms with Gasteiger partial charge in [0.15, 0.2) is 0 Å². The Morgan fingerprint density at radius 3 is 2.34 bits per heavy atom. The van der Waals surface area contributed by atoms with Crippen LogP contribution in [0, 0.1) is 0 Å². The number of unbranched alkanes of at least 4 members (excludes halogenated alkanes) is 1. The predicted molar refractivity (Wildman–Crippen MR) is 181 cm³/mol. The highest BCUT2D eigenvalue weighted by Crippen LogP contribution is 2.30. The van der Waals surface area contributed by atoms with E-state index in [1.54, 1.807) is 12.1 Å². The van der Waals surface area contributed by atoms with E-state index >= 15 is 0 Å². The average molecular weight is 648 g/mol. The number of fused-ring (bicyclic) bond motifs is 1. The van der Waals surface area contributed by atoms with Gasteiger partial charge in [0.05, 0.1) is 23.9 Å². The van der Waals surface area contributed by atoms with Crippen molar-refractivity contribution in [2.24, 2.45) is 0 Å². The first-order chi connectivity index (χ1) is 21.9. The zero-order chi connectivity index (χ0) is 31.6. The van der Waals surface area contributed by atoms with Gasteiger partial charge >= 0.3 is 6.09 Å². The molecule has 0 radical (unpaired) electrons. The highest BCUT2D eigenvalue weighted by Gasteiger charge is 2.14. The number of aromatic nitrogens is 1. The van der Waals surface area contributed by atoms with Crippen LogP contribution in [0.3, 0.4) is 0 Å². The summed E-state index contributed by atoms with van der Waals surface area (Å²) in [6, 6.07) is 29.7. The molecule has 0 bridgehead atoms. The maximum Gasteiger partial charge on any atom is 0.409 e. The number of anilines is 1. The third-order valence-corrected chi connectivity index (χ3v) is 7.66. The van der Waals surface area contributed by atoms with Gasteiger partial charge in [0.2, 0.25) is 5.56 Å². The number of aromatic amines is 1. The Labute approximate surface area is 270 Å². The maximum absolute atomic E-state index is 11.6. The SMILES string of the molecule is F.F.O=C(O)Nc1cc(CCCCOc2ccc(CCNC[C@@H](O)c3ccc(O)c4[nH]c(=O)ccc34)cc2)ccc1-c1ccccc1. The molecule has 47 heavy (non-hydrogen) atoms. The quantitative estimate of drug-likeness (QED) is 0.0749. The van der Waals surface area contributed by atoms with E-state index in [2.05, 4.69) is 15.6 Å². The second kappa shape index (κ2) is 17.4. The number of H-pyrrole nitrogens is 1. The normalized spacial score (nSPS) is 11.3. The number of benzene rings is 4. The summed E-state index contributed by atoms with van der Waals surface area (Å²) in [7, 11) is 0. The highest BCUT2D eigenvalue weighted by molar-refractivity contribution is 5.91. The van der Waals surface area contributed by atoms with Crippen molar-refractivity contribution in [1.82, 2.24) is 10.3 Å². The molecule has 0 aliphatic heterocycles. The zero-order valence-electron chi connectivity index (χ0n) is 25.6. The van der Waals surface area contributed by atoms with Crippen molar-refractivity contribution >= 4 is 22.7 Å². The summed E-state index contributed by atoms with van der Waals surface area (Å²) in [6.07, 6.45) is 1.48. The van der Waals surface area contributed by atoms with E-state index in [-0.39, 0.29) is 20.7 Å². The molecule has 0 saturated carbocycles. The monoisotopic (exact) mass is 647 g/mol. The molecule has 11 heteroatoms. The number of pyridine rings is 1. The standard InChI is InChI=1S/C36H37N3O6.2FH/c40-32-17-15-29(30-16-18-34(42)39-35(30)32)33(41)23-37-20-19-24-9-12-27(13-10-24)45-21-5-4-6-25-11-14-28(26-7-2-1-3-8-26)31(22-25)38-36(43)44;;/h1-3,7-18,22,33,37-38,40-41H,4-6,19-21,23H2,(H,39,42)(H,43,44);2*1H/t33-;;/m1../s1. The third-order valence-electron chi connectivity index (χ3n) is 7.66. The minimum atomic E-state index is -1.08. The van der Waals surface area contributed by atoms with Gasteiger partial charge in [0, 0.05) is 23.6 Å². The summed E-state index contributed by atoms with van der Waals surface area (Å²) in [4.78, 5) is 25.6. The summed E-state index contributed by atoms with van der Waals surface area (Å²) in [5.74, 6) is 0.773. The van der Waals surface area contributed by atoms with Crippen molar-refractivity contribution in [1.29, 1.82) is 0 Å². The minimum Gasteiger partial charge on any atom is -0.506 e. The van der Waals surface area contributed by atoms with Crippen LogP contribution in [0.25, 0.3) is 22.0 Å². The van der Waals surface area contributed by atoms with Gasteiger partial charge in [-0.1, -0.05) is 60.7 Å². The summed E-state index contributed by atoms with van der Waals surface area (Å²) in [6.45, 7) is 1.58. The van der Waals surface area contributed by atoms with E-state index in [9.17, 15) is 24.9 Å². The van der Waals surface area contributed by atoms with Crippen LogP contribution in [0.15, 0.2) is 102 Å². The molecule has 0 aliphatic rings. The minimum absolute atomic E-state index is 0. The lowest BCUT2D eigenvalue weighted by molar-refractivity contribution is 0.176. The number of halogens is 2. The van der Waals surface area contributed by atoms with Crippen LogP contribution in [0.5, 0.6) is 11.5 Å². The first-order valence-electron chi connectivity index (χ1n) is 15.0. The number of aliphatic hydroxyl groups is 1. The number of rotatable bonds is 14. The van der Waals surface area contributed by atoms with Gasteiger partial charge in [0.25, 0.3) is 0 Å². The molecular formula is C36H39F2N3O6. The van der Waals surface area contributed by atoms with Crippen LogP contribution in [-0.2, 0) is 12.8 Å². The zero-order valence-corrected chi connectivity index (χ0v) is 25.6. The highest BCUT2D eigenvalue weighted by atomic mass is 19.0. The molecule has 1 aromatic heterocycles. The number of aromatic hydroxyl groups is 1. The average Bonchev–Trinajstić information content (AvgIpc) is 3.04. The number of hydrogen-bond acceptors (Lipinski definition) is 6. The van der Waals surface area contributed by atoms with Crippen molar-refractivity contribution < 1.29 is 34.3 Å². The van der Waals surface area contributed by atoms with Gasteiger partial charge in [-0.3, -0.25) is 19.5 Å². The number of ether oxygens (including phenoxy) is 1. The largest absolute Gasteiger partial charge is 0.506 e. The third kappa shape index (κ3) is 9.86. The van der Waals surface area contributed by atoms with Gasteiger partial charge in [-0.05, 0) is 84.8 Å². The maximum atomic E-state index is 11.6. The van der Waals surface area contributed by atoms with E-state index in [0.29, 0.717) is 41.9 Å². The van der Waals surface area contributed by atoms with E-state index < -0.39 is 12.2 Å². The number of aliphatic hydroxyl groups excluding tert-OH is 1. The van der Waals surface area contributed by atoms with Gasteiger partial charge in [0.1, 0.15) is 11.5 Å². The van der Waals surface area contributed by atoms with Crippen LogP contribution >= 0.6 is 0 Å². The van der Waals surface area contributed by atoms with Crippen LogP contribution in [0.4, 0.5) is 19.9 Å². The summed E-state index contributed by atoms with van der Waals surface area (Å²) < 4.78 is 5.93. The van der Waals surface area contributed by atoms with Crippen molar-refractivity contribution in [3.05, 3.63) is 124 Å². The Balaban J connectivity index is 0.00000300. The second-order valence-electron chi connectivity index (χ2n) is 10.9. The lowest BCUT2D eigenvalue weighted by atomic mass is 9.99. The first-order valence-corrected chi connectivity index (χ1v) is 15.0. The van der Waals surface area contributed by atoms with E-state index in [1.807, 2.05) is 72.8 Å². The van der Waals surface area contributed by atoms with E-state index in [1.165, 1.54) is 12.1 Å². The van der Waals surface area contributed by atoms with E-state index in [0.717, 1.165) is 53.7 Å². The summed E-state index contributed by atoms with van der Waals surface area (Å²) >= 11 is 0. The molecule has 0 aliphatic carbocycles. The number of phenols is 1. The Hall–Kier alpha value is -5.26. The summed E-state index contributed by atoms with van der Waals surface area (Å²) in [5, 5.41) is 36.5. The number of carboxylic acid groups (broad SMARTS) is 1. The number of phenolic OH excluding ortho intramolecular Hbond substituents is 1. The molecule has 1 heterocycles. The second-order valence-corrected chi connectivity index (χ2v) is 10.9. The van der Waals surface area contributed by atoms with Crippen molar-refractivity contribution in [3.63, 3.8) is 0 Å². The smallest absolute Gasteiger partial charge is 0.409 e. The molecule has 9 nitrogen and oxygen atoms in total. The number of hydrogen-bond donors (Lipinski definition) is 6. The Morgan fingerprint density at radius 2 is 1.60 bits per heavy atom. The van der Waals surface area contributed by atoms with Gasteiger partial charge in [-0.15, -0.1) is 0 Å². The first kappa shape index (κ1) is 36.2. The summed E-state index contributed by atoms with van der Waals surface area (Å²) in [5.41, 5.74) is 5.24. The Kier molecular flexibility index (Phi) is 13.4. The molecular weight excluding hydrogens is 608 g/mol.